The summed E-state index contributed by atoms with van der Waals surface area (Å²) in [6.07, 6.45) is 1.40. The molecule has 2 N–H and O–H groups in total. The molecule has 6 heteroatoms. The zero-order valence-electron chi connectivity index (χ0n) is 10.3. The molecule has 1 amide bonds. The number of hydrogen-bond donors (Lipinski definition) is 2. The predicted octanol–water partition coefficient (Wildman–Crippen LogP) is 1.53. The molecule has 2 rings (SSSR count). The molecule has 1 heterocycles. The largest absolute Gasteiger partial charge is 0.480 e. The summed E-state index contributed by atoms with van der Waals surface area (Å²) >= 11 is 0. The van der Waals surface area contributed by atoms with Crippen LogP contribution in [0.1, 0.15) is 16.1 Å². The highest BCUT2D eigenvalue weighted by Crippen LogP contribution is 2.10. The zero-order chi connectivity index (χ0) is 13.8. The second-order valence-electron chi connectivity index (χ2n) is 4.09. The van der Waals surface area contributed by atoms with Crippen molar-refractivity contribution in [2.75, 3.05) is 5.32 Å². The molecule has 0 aliphatic carbocycles. The van der Waals surface area contributed by atoms with Crippen molar-refractivity contribution in [3.05, 3.63) is 47.8 Å². The molecule has 6 nitrogen and oxygen atoms in total. The monoisotopic (exact) mass is 259 g/mol. The lowest BCUT2D eigenvalue weighted by Crippen LogP contribution is -2.20. The molecule has 1 aromatic heterocycles. The highest BCUT2D eigenvalue weighted by molar-refractivity contribution is 6.03. The number of nitrogens with one attached hydrogen (secondary N) is 1. The Kier molecular flexibility index (Phi) is 3.61. The summed E-state index contributed by atoms with van der Waals surface area (Å²) in [7, 11) is 0. The molecular formula is C13H13N3O3. The van der Waals surface area contributed by atoms with Crippen LogP contribution in [0.4, 0.5) is 5.69 Å². The summed E-state index contributed by atoms with van der Waals surface area (Å²) in [5, 5.41) is 15.2. The van der Waals surface area contributed by atoms with Gasteiger partial charge in [-0.1, -0.05) is 17.7 Å². The topological polar surface area (TPSA) is 84.2 Å². The molecule has 0 radical (unpaired) electrons. The average molecular weight is 259 g/mol. The molecule has 2 aromatic rings. The molecule has 19 heavy (non-hydrogen) atoms. The fourth-order valence-corrected chi connectivity index (χ4v) is 1.61. The van der Waals surface area contributed by atoms with Gasteiger partial charge in [0.25, 0.3) is 5.91 Å². The van der Waals surface area contributed by atoms with Gasteiger partial charge in [-0.25, -0.2) is 4.68 Å². The molecule has 0 spiro atoms. The Morgan fingerprint density at radius 2 is 1.95 bits per heavy atom. The number of amides is 1. The van der Waals surface area contributed by atoms with Crippen molar-refractivity contribution in [1.82, 2.24) is 9.78 Å². The number of carbonyl (C=O) groups is 2. The van der Waals surface area contributed by atoms with Gasteiger partial charge in [-0.3, -0.25) is 9.59 Å². The molecule has 1 aromatic carbocycles. The maximum absolute atomic E-state index is 12.0. The average Bonchev–Trinajstić information content (AvgIpc) is 2.79. The standard InChI is InChI=1S/C13H13N3O3/c1-9-2-4-10(5-3-9)15-13(19)11-6-7-14-16(11)8-12(17)18/h2-7H,8H2,1H3,(H,15,19)(H,17,18). The molecule has 0 saturated heterocycles. The van der Waals surface area contributed by atoms with Crippen molar-refractivity contribution in [3.63, 3.8) is 0 Å². The molecule has 0 aliphatic heterocycles. The molecule has 0 fully saturated rings. The van der Waals surface area contributed by atoms with E-state index in [9.17, 15) is 9.59 Å². The number of hydrogen-bond acceptors (Lipinski definition) is 3. The molecule has 0 saturated carbocycles. The van der Waals surface area contributed by atoms with Crippen LogP contribution in [0.2, 0.25) is 0 Å². The van der Waals surface area contributed by atoms with Crippen LogP contribution in [0.5, 0.6) is 0 Å². The number of aromatic nitrogens is 2. The van der Waals surface area contributed by atoms with Gasteiger partial charge in [-0.05, 0) is 25.1 Å². The predicted molar refractivity (Wildman–Crippen MR) is 69.0 cm³/mol. The Bertz CT molecular complexity index is 602. The maximum atomic E-state index is 12.0. The molecule has 0 aliphatic rings. The van der Waals surface area contributed by atoms with Crippen LogP contribution in [-0.4, -0.2) is 26.8 Å². The summed E-state index contributed by atoms with van der Waals surface area (Å²) in [5.74, 6) is -1.43. The van der Waals surface area contributed by atoms with Crippen LogP contribution >= 0.6 is 0 Å². The Balaban J connectivity index is 2.14. The lowest BCUT2D eigenvalue weighted by atomic mass is 10.2. The van der Waals surface area contributed by atoms with E-state index in [1.54, 1.807) is 12.1 Å². The second-order valence-corrected chi connectivity index (χ2v) is 4.09. The van der Waals surface area contributed by atoms with Crippen molar-refractivity contribution < 1.29 is 14.7 Å². The van der Waals surface area contributed by atoms with E-state index in [0.29, 0.717) is 5.69 Å². The number of aliphatic carboxylic acids is 1. The molecular weight excluding hydrogens is 246 g/mol. The quantitative estimate of drug-likeness (QED) is 0.872. The van der Waals surface area contributed by atoms with Crippen LogP contribution in [0, 0.1) is 6.92 Å². The van der Waals surface area contributed by atoms with Crippen LogP contribution in [0.25, 0.3) is 0 Å². The Morgan fingerprint density at radius 1 is 1.26 bits per heavy atom. The van der Waals surface area contributed by atoms with Gasteiger partial charge in [0.2, 0.25) is 0 Å². The first-order valence-electron chi connectivity index (χ1n) is 5.68. The van der Waals surface area contributed by atoms with Crippen molar-refractivity contribution in [2.45, 2.75) is 13.5 Å². The Hall–Kier alpha value is -2.63. The number of aryl methyl sites for hydroxylation is 1. The van der Waals surface area contributed by atoms with Gasteiger partial charge in [0.15, 0.2) is 0 Å². The molecule has 98 valence electrons. The number of nitrogens with zero attached hydrogens (tertiary/aromatic N) is 2. The third-order valence-corrected chi connectivity index (χ3v) is 2.54. The van der Waals surface area contributed by atoms with Crippen molar-refractivity contribution in [1.29, 1.82) is 0 Å². The van der Waals surface area contributed by atoms with Crippen molar-refractivity contribution in [2.24, 2.45) is 0 Å². The summed E-state index contributed by atoms with van der Waals surface area (Å²) in [4.78, 5) is 22.6. The Labute approximate surface area is 109 Å². The van der Waals surface area contributed by atoms with E-state index in [0.717, 1.165) is 10.2 Å². The van der Waals surface area contributed by atoms with Crippen LogP contribution in [0.15, 0.2) is 36.5 Å². The SMILES string of the molecule is Cc1ccc(NC(=O)c2ccnn2CC(=O)O)cc1. The minimum absolute atomic E-state index is 0.211. The number of anilines is 1. The van der Waals surface area contributed by atoms with Gasteiger partial charge in [0.05, 0.1) is 0 Å². The van der Waals surface area contributed by atoms with Gasteiger partial charge in [-0.2, -0.15) is 5.10 Å². The molecule has 0 unspecified atom stereocenters. The fraction of sp³-hybridized carbons (Fsp3) is 0.154. The maximum Gasteiger partial charge on any atom is 0.325 e. The van der Waals surface area contributed by atoms with E-state index in [2.05, 4.69) is 10.4 Å². The third-order valence-electron chi connectivity index (χ3n) is 2.54. The number of benzene rings is 1. The van der Waals surface area contributed by atoms with Gasteiger partial charge >= 0.3 is 5.97 Å². The van der Waals surface area contributed by atoms with Crippen LogP contribution in [0.3, 0.4) is 0 Å². The van der Waals surface area contributed by atoms with Crippen molar-refractivity contribution in [3.8, 4) is 0 Å². The second kappa shape index (κ2) is 5.34. The minimum atomic E-state index is -1.05. The first kappa shape index (κ1) is 12.8. The van der Waals surface area contributed by atoms with E-state index in [1.807, 2.05) is 19.1 Å². The summed E-state index contributed by atoms with van der Waals surface area (Å²) in [6.45, 7) is 1.61. The summed E-state index contributed by atoms with van der Waals surface area (Å²) in [6, 6.07) is 8.80. The number of carboxylic acids is 1. The zero-order valence-corrected chi connectivity index (χ0v) is 10.3. The van der Waals surface area contributed by atoms with E-state index in [4.69, 9.17) is 5.11 Å². The van der Waals surface area contributed by atoms with Crippen LogP contribution < -0.4 is 5.32 Å². The Morgan fingerprint density at radius 3 is 2.58 bits per heavy atom. The van der Waals surface area contributed by atoms with Gasteiger partial charge in [0, 0.05) is 11.9 Å². The number of carboxylic acid groups (broad SMARTS) is 1. The van der Waals surface area contributed by atoms with E-state index >= 15 is 0 Å². The highest BCUT2D eigenvalue weighted by atomic mass is 16.4. The smallest absolute Gasteiger partial charge is 0.325 e. The first-order valence-corrected chi connectivity index (χ1v) is 5.68. The lowest BCUT2D eigenvalue weighted by molar-refractivity contribution is -0.137. The van der Waals surface area contributed by atoms with Gasteiger partial charge < -0.3 is 10.4 Å². The minimum Gasteiger partial charge on any atom is -0.480 e. The lowest BCUT2D eigenvalue weighted by Gasteiger charge is -2.07. The highest BCUT2D eigenvalue weighted by Gasteiger charge is 2.13. The van der Waals surface area contributed by atoms with E-state index < -0.39 is 5.97 Å². The summed E-state index contributed by atoms with van der Waals surface area (Å²) in [5.41, 5.74) is 1.95. The first-order chi connectivity index (χ1) is 9.06. The van der Waals surface area contributed by atoms with Gasteiger partial charge in [-0.15, -0.1) is 0 Å². The van der Waals surface area contributed by atoms with Crippen LogP contribution in [-0.2, 0) is 11.3 Å². The van der Waals surface area contributed by atoms with Gasteiger partial charge in [0.1, 0.15) is 12.2 Å². The van der Waals surface area contributed by atoms with E-state index in [1.165, 1.54) is 12.3 Å². The number of carbonyl (C=O) groups excluding carboxylic acids is 1. The third kappa shape index (κ3) is 3.19. The van der Waals surface area contributed by atoms with E-state index in [-0.39, 0.29) is 18.1 Å². The normalized spacial score (nSPS) is 10.2. The van der Waals surface area contributed by atoms with Crippen molar-refractivity contribution >= 4 is 17.6 Å². The number of rotatable bonds is 4. The molecule has 0 bridgehead atoms. The molecule has 0 atom stereocenters. The fourth-order valence-electron chi connectivity index (χ4n) is 1.61. The summed E-state index contributed by atoms with van der Waals surface area (Å²) < 4.78 is 1.14.